The first-order valence-corrected chi connectivity index (χ1v) is 4.73. The molecule has 0 bridgehead atoms. The average Bonchev–Trinajstić information content (AvgIpc) is 2.01. The van der Waals surface area contributed by atoms with Gasteiger partial charge < -0.3 is 5.73 Å². The van der Waals surface area contributed by atoms with Gasteiger partial charge in [0.05, 0.1) is 0 Å². The Morgan fingerprint density at radius 3 is 2.79 bits per heavy atom. The molecule has 0 aromatic heterocycles. The van der Waals surface area contributed by atoms with Gasteiger partial charge >= 0.3 is 0 Å². The Kier molecular flexibility index (Phi) is 3.67. The normalized spacial score (nSPS) is 12.6. The van der Waals surface area contributed by atoms with E-state index in [0.717, 1.165) is 11.1 Å². The Bertz CT molecular complexity index is 349. The van der Waals surface area contributed by atoms with Gasteiger partial charge in [-0.1, -0.05) is 23.2 Å². The lowest BCUT2D eigenvalue weighted by atomic mass is 10.0. The number of benzene rings is 1. The molecule has 0 aliphatic rings. The van der Waals surface area contributed by atoms with Crippen LogP contribution in [0.5, 0.6) is 0 Å². The van der Waals surface area contributed by atoms with E-state index in [4.69, 9.17) is 17.3 Å². The molecule has 1 atom stereocenters. The molecule has 0 unspecified atom stereocenters. The van der Waals surface area contributed by atoms with E-state index < -0.39 is 0 Å². The van der Waals surface area contributed by atoms with E-state index in [0.29, 0.717) is 11.4 Å². The number of hydrogen-bond acceptors (Lipinski definition) is 1. The maximum absolute atomic E-state index is 12.7. The molecule has 0 fully saturated rings. The number of hydrogen-bond donors (Lipinski definition) is 1. The van der Waals surface area contributed by atoms with E-state index in [1.807, 2.05) is 6.92 Å². The summed E-state index contributed by atoms with van der Waals surface area (Å²) in [5, 5.41) is 0.374. The fourth-order valence-corrected chi connectivity index (χ4v) is 1.59. The molecule has 0 heterocycles. The molecule has 1 aromatic rings. The van der Waals surface area contributed by atoms with E-state index >= 15 is 0 Å². The molecule has 1 nitrogen and oxygen atoms in total. The van der Waals surface area contributed by atoms with E-state index in [2.05, 4.69) is 6.58 Å². The number of halogens is 2. The number of nitrogens with two attached hydrogens (primary N) is 1. The molecule has 76 valence electrons. The summed E-state index contributed by atoms with van der Waals surface area (Å²) in [4.78, 5) is 0. The van der Waals surface area contributed by atoms with Gasteiger partial charge in [0.15, 0.2) is 0 Å². The van der Waals surface area contributed by atoms with Crippen molar-refractivity contribution < 1.29 is 4.39 Å². The van der Waals surface area contributed by atoms with Crippen LogP contribution in [0.1, 0.15) is 24.9 Å². The van der Waals surface area contributed by atoms with Crippen LogP contribution in [0, 0.1) is 5.82 Å². The van der Waals surface area contributed by atoms with Crippen molar-refractivity contribution in [2.45, 2.75) is 19.4 Å². The zero-order valence-corrected chi connectivity index (χ0v) is 8.81. The first kappa shape index (κ1) is 11.2. The second kappa shape index (κ2) is 4.58. The standard InChI is InChI=1S/C11H13ClFN/c1-7(2)5-11(14)9-4-3-8(13)6-10(9)12/h3-4,6,11H,1,5,14H2,2H3/t11-/m1/s1. The van der Waals surface area contributed by atoms with Gasteiger partial charge in [-0.05, 0) is 31.0 Å². The molecule has 0 aliphatic heterocycles. The van der Waals surface area contributed by atoms with Crippen LogP contribution in [0.25, 0.3) is 0 Å². The Labute approximate surface area is 88.4 Å². The van der Waals surface area contributed by atoms with Crippen LogP contribution in [0.3, 0.4) is 0 Å². The van der Waals surface area contributed by atoms with Crippen LogP contribution in [-0.4, -0.2) is 0 Å². The van der Waals surface area contributed by atoms with Crippen molar-refractivity contribution in [2.24, 2.45) is 5.73 Å². The first-order chi connectivity index (χ1) is 6.50. The van der Waals surface area contributed by atoms with Crippen LogP contribution in [0.4, 0.5) is 4.39 Å². The third kappa shape index (κ3) is 2.82. The van der Waals surface area contributed by atoms with Gasteiger partial charge in [0.2, 0.25) is 0 Å². The second-order valence-electron chi connectivity index (χ2n) is 3.43. The highest BCUT2D eigenvalue weighted by atomic mass is 35.5. The summed E-state index contributed by atoms with van der Waals surface area (Å²) in [7, 11) is 0. The average molecular weight is 214 g/mol. The summed E-state index contributed by atoms with van der Waals surface area (Å²) in [6.45, 7) is 5.67. The van der Waals surface area contributed by atoms with Crippen LogP contribution in [0.2, 0.25) is 5.02 Å². The molecule has 3 heteroatoms. The van der Waals surface area contributed by atoms with Crippen LogP contribution < -0.4 is 5.73 Å². The van der Waals surface area contributed by atoms with E-state index in [9.17, 15) is 4.39 Å². The summed E-state index contributed by atoms with van der Waals surface area (Å²) in [6, 6.07) is 4.04. The van der Waals surface area contributed by atoms with Crippen molar-refractivity contribution in [3.05, 3.63) is 46.8 Å². The maximum atomic E-state index is 12.7. The van der Waals surface area contributed by atoms with Crippen molar-refractivity contribution >= 4 is 11.6 Å². The van der Waals surface area contributed by atoms with Crippen LogP contribution in [-0.2, 0) is 0 Å². The molecule has 0 radical (unpaired) electrons. The summed E-state index contributed by atoms with van der Waals surface area (Å²) in [5.41, 5.74) is 7.62. The zero-order valence-electron chi connectivity index (χ0n) is 8.06. The zero-order chi connectivity index (χ0) is 10.7. The predicted molar refractivity (Wildman–Crippen MR) is 57.8 cm³/mol. The van der Waals surface area contributed by atoms with Gasteiger partial charge in [-0.2, -0.15) is 0 Å². The highest BCUT2D eigenvalue weighted by Gasteiger charge is 2.10. The van der Waals surface area contributed by atoms with Crippen molar-refractivity contribution in [2.75, 3.05) is 0 Å². The Morgan fingerprint density at radius 1 is 1.64 bits per heavy atom. The minimum atomic E-state index is -0.346. The fraction of sp³-hybridized carbons (Fsp3) is 0.273. The molecule has 1 rings (SSSR count). The Hall–Kier alpha value is -0.860. The molecule has 0 saturated heterocycles. The maximum Gasteiger partial charge on any atom is 0.124 e. The molecule has 0 spiro atoms. The minimum absolute atomic E-state index is 0.208. The van der Waals surface area contributed by atoms with E-state index in [1.54, 1.807) is 6.07 Å². The van der Waals surface area contributed by atoms with Crippen molar-refractivity contribution in [1.29, 1.82) is 0 Å². The summed E-state index contributed by atoms with van der Waals surface area (Å²) in [5.74, 6) is -0.346. The summed E-state index contributed by atoms with van der Waals surface area (Å²) >= 11 is 5.86. The van der Waals surface area contributed by atoms with Gasteiger partial charge in [-0.3, -0.25) is 0 Å². The lowest BCUT2D eigenvalue weighted by Gasteiger charge is -2.13. The molecular weight excluding hydrogens is 201 g/mol. The van der Waals surface area contributed by atoms with Crippen LogP contribution in [0.15, 0.2) is 30.4 Å². The monoisotopic (exact) mass is 213 g/mol. The third-order valence-corrected chi connectivity index (χ3v) is 2.26. The molecular formula is C11H13ClFN. The molecule has 2 N–H and O–H groups in total. The highest BCUT2D eigenvalue weighted by molar-refractivity contribution is 6.31. The molecule has 0 saturated carbocycles. The lowest BCUT2D eigenvalue weighted by molar-refractivity contribution is 0.624. The van der Waals surface area contributed by atoms with Crippen molar-refractivity contribution in [1.82, 2.24) is 0 Å². The second-order valence-corrected chi connectivity index (χ2v) is 3.84. The third-order valence-electron chi connectivity index (χ3n) is 1.93. The van der Waals surface area contributed by atoms with Gasteiger partial charge in [0, 0.05) is 11.1 Å². The van der Waals surface area contributed by atoms with Gasteiger partial charge in [-0.15, -0.1) is 6.58 Å². The molecule has 0 aliphatic carbocycles. The van der Waals surface area contributed by atoms with E-state index in [1.165, 1.54) is 12.1 Å². The largest absolute Gasteiger partial charge is 0.324 e. The van der Waals surface area contributed by atoms with Gasteiger partial charge in [0.25, 0.3) is 0 Å². The smallest absolute Gasteiger partial charge is 0.124 e. The fourth-order valence-electron chi connectivity index (χ4n) is 1.29. The Morgan fingerprint density at radius 2 is 2.29 bits per heavy atom. The van der Waals surface area contributed by atoms with Crippen LogP contribution >= 0.6 is 11.6 Å². The van der Waals surface area contributed by atoms with Crippen molar-refractivity contribution in [3.8, 4) is 0 Å². The summed E-state index contributed by atoms with van der Waals surface area (Å²) in [6.07, 6.45) is 0.658. The van der Waals surface area contributed by atoms with Gasteiger partial charge in [-0.25, -0.2) is 4.39 Å². The quantitative estimate of drug-likeness (QED) is 0.765. The predicted octanol–water partition coefficient (Wildman–Crippen LogP) is 3.45. The van der Waals surface area contributed by atoms with Crippen molar-refractivity contribution in [3.63, 3.8) is 0 Å². The van der Waals surface area contributed by atoms with Gasteiger partial charge in [0.1, 0.15) is 5.82 Å². The Balaban J connectivity index is 2.90. The number of rotatable bonds is 3. The summed E-state index contributed by atoms with van der Waals surface area (Å²) < 4.78 is 12.7. The first-order valence-electron chi connectivity index (χ1n) is 4.35. The SMILES string of the molecule is C=C(C)C[C@@H](N)c1ccc(F)cc1Cl. The lowest BCUT2D eigenvalue weighted by Crippen LogP contribution is -2.11. The minimum Gasteiger partial charge on any atom is -0.324 e. The molecule has 0 amide bonds. The van der Waals surface area contributed by atoms with E-state index in [-0.39, 0.29) is 11.9 Å². The molecule has 1 aromatic carbocycles. The molecule has 14 heavy (non-hydrogen) atoms. The highest BCUT2D eigenvalue weighted by Crippen LogP contribution is 2.25. The topological polar surface area (TPSA) is 26.0 Å².